The van der Waals surface area contributed by atoms with Gasteiger partial charge in [0.15, 0.2) is 0 Å². The Morgan fingerprint density at radius 3 is 2.00 bits per heavy atom. The Morgan fingerprint density at radius 1 is 1.00 bits per heavy atom. The second kappa shape index (κ2) is 12.7. The largest absolute Gasteiger partial charge is 0.465 e. The summed E-state index contributed by atoms with van der Waals surface area (Å²) < 4.78 is 0. The van der Waals surface area contributed by atoms with Crippen molar-refractivity contribution in [2.75, 3.05) is 20.7 Å². The minimum Gasteiger partial charge on any atom is -0.465 e. The van der Waals surface area contributed by atoms with Crippen molar-refractivity contribution < 1.29 is 19.5 Å². The SMILES string of the molecule is CON(C)C(=O)CCCCCCCCCCNC(=O)O. The first kappa shape index (κ1) is 18.7. The molecule has 0 rings (SSSR count). The van der Waals surface area contributed by atoms with Crippen molar-refractivity contribution in [1.82, 2.24) is 10.4 Å². The van der Waals surface area contributed by atoms with Crippen LogP contribution in [0, 0.1) is 0 Å². The molecule has 0 spiro atoms. The molecule has 0 radical (unpaired) electrons. The highest BCUT2D eigenvalue weighted by atomic mass is 16.7. The Labute approximate surface area is 121 Å². The zero-order valence-electron chi connectivity index (χ0n) is 12.7. The molecule has 20 heavy (non-hydrogen) atoms. The fourth-order valence-corrected chi connectivity index (χ4v) is 1.92. The van der Waals surface area contributed by atoms with Gasteiger partial charge in [-0.1, -0.05) is 38.5 Å². The van der Waals surface area contributed by atoms with Crippen LogP contribution < -0.4 is 5.32 Å². The van der Waals surface area contributed by atoms with Gasteiger partial charge in [-0.05, 0) is 12.8 Å². The van der Waals surface area contributed by atoms with Crippen LogP contribution in [0.4, 0.5) is 4.79 Å². The van der Waals surface area contributed by atoms with Gasteiger partial charge in [-0.2, -0.15) is 0 Å². The van der Waals surface area contributed by atoms with Gasteiger partial charge in [0.05, 0.1) is 7.11 Å². The average Bonchev–Trinajstić information content (AvgIpc) is 2.43. The first-order chi connectivity index (χ1) is 9.57. The molecule has 0 heterocycles. The van der Waals surface area contributed by atoms with Crippen LogP contribution in [0.2, 0.25) is 0 Å². The molecule has 0 aromatic heterocycles. The molecule has 0 unspecified atom stereocenters. The molecule has 2 N–H and O–H groups in total. The summed E-state index contributed by atoms with van der Waals surface area (Å²) in [5.41, 5.74) is 0. The predicted molar refractivity (Wildman–Crippen MR) is 77.4 cm³/mol. The number of carbonyl (C=O) groups excluding carboxylic acids is 1. The quantitative estimate of drug-likeness (QED) is 0.427. The molecule has 0 atom stereocenters. The Kier molecular flexibility index (Phi) is 11.9. The molecule has 0 aromatic rings. The smallest absolute Gasteiger partial charge is 0.404 e. The van der Waals surface area contributed by atoms with E-state index in [-0.39, 0.29) is 5.91 Å². The molecule has 0 saturated heterocycles. The first-order valence-corrected chi connectivity index (χ1v) is 7.35. The van der Waals surface area contributed by atoms with Crippen molar-refractivity contribution in [1.29, 1.82) is 0 Å². The van der Waals surface area contributed by atoms with E-state index in [1.165, 1.54) is 25.0 Å². The van der Waals surface area contributed by atoms with Crippen LogP contribution in [0.3, 0.4) is 0 Å². The van der Waals surface area contributed by atoms with Crippen molar-refractivity contribution in [3.8, 4) is 0 Å². The normalized spacial score (nSPS) is 10.3. The monoisotopic (exact) mass is 288 g/mol. The number of rotatable bonds is 12. The Balaban J connectivity index is 3.17. The maximum Gasteiger partial charge on any atom is 0.404 e. The number of nitrogens with zero attached hydrogens (tertiary/aromatic N) is 1. The topological polar surface area (TPSA) is 78.9 Å². The Hall–Kier alpha value is -1.30. The molecule has 2 amide bonds. The highest BCUT2D eigenvalue weighted by molar-refractivity contribution is 5.74. The molecule has 0 bridgehead atoms. The third-order valence-corrected chi connectivity index (χ3v) is 3.22. The third kappa shape index (κ3) is 11.8. The Morgan fingerprint density at radius 2 is 1.50 bits per heavy atom. The summed E-state index contributed by atoms with van der Waals surface area (Å²) in [5, 5.41) is 12.0. The molecule has 6 heteroatoms. The van der Waals surface area contributed by atoms with Crippen molar-refractivity contribution >= 4 is 12.0 Å². The fourth-order valence-electron chi connectivity index (χ4n) is 1.92. The number of nitrogens with one attached hydrogen (secondary N) is 1. The fraction of sp³-hybridized carbons (Fsp3) is 0.857. The molecule has 0 aromatic carbocycles. The van der Waals surface area contributed by atoms with Crippen LogP contribution in [-0.2, 0) is 9.63 Å². The number of carbonyl (C=O) groups is 2. The second-order valence-corrected chi connectivity index (χ2v) is 4.88. The lowest BCUT2D eigenvalue weighted by molar-refractivity contribution is -0.168. The van der Waals surface area contributed by atoms with E-state index in [1.54, 1.807) is 7.05 Å². The van der Waals surface area contributed by atoms with E-state index in [2.05, 4.69) is 5.32 Å². The van der Waals surface area contributed by atoms with Crippen molar-refractivity contribution in [3.63, 3.8) is 0 Å². The summed E-state index contributed by atoms with van der Waals surface area (Å²) >= 11 is 0. The van der Waals surface area contributed by atoms with Gasteiger partial charge in [-0.3, -0.25) is 9.63 Å². The lowest BCUT2D eigenvalue weighted by Crippen LogP contribution is -2.24. The van der Waals surface area contributed by atoms with Gasteiger partial charge < -0.3 is 10.4 Å². The van der Waals surface area contributed by atoms with E-state index < -0.39 is 6.09 Å². The number of hydroxylamine groups is 2. The van der Waals surface area contributed by atoms with Gasteiger partial charge in [-0.25, -0.2) is 9.86 Å². The highest BCUT2D eigenvalue weighted by Gasteiger charge is 2.06. The number of carboxylic acid groups (broad SMARTS) is 1. The van der Waals surface area contributed by atoms with E-state index in [1.807, 2.05) is 0 Å². The highest BCUT2D eigenvalue weighted by Crippen LogP contribution is 2.10. The summed E-state index contributed by atoms with van der Waals surface area (Å²) in [6.45, 7) is 0.546. The molecular formula is C14H28N2O4. The molecule has 0 fully saturated rings. The summed E-state index contributed by atoms with van der Waals surface area (Å²) in [7, 11) is 3.12. The van der Waals surface area contributed by atoms with Crippen molar-refractivity contribution in [2.45, 2.75) is 57.8 Å². The lowest BCUT2D eigenvalue weighted by atomic mass is 10.1. The summed E-state index contributed by atoms with van der Waals surface area (Å²) in [6, 6.07) is 0. The van der Waals surface area contributed by atoms with E-state index >= 15 is 0 Å². The molecule has 0 saturated carbocycles. The van der Waals surface area contributed by atoms with Crippen LogP contribution >= 0.6 is 0 Å². The zero-order valence-corrected chi connectivity index (χ0v) is 12.7. The molecule has 118 valence electrons. The van der Waals surface area contributed by atoms with E-state index in [0.29, 0.717) is 13.0 Å². The first-order valence-electron chi connectivity index (χ1n) is 7.35. The predicted octanol–water partition coefficient (Wildman–Crippen LogP) is 2.78. The average molecular weight is 288 g/mol. The molecule has 0 aliphatic carbocycles. The van der Waals surface area contributed by atoms with Crippen molar-refractivity contribution in [2.24, 2.45) is 0 Å². The van der Waals surface area contributed by atoms with Crippen LogP contribution in [0.25, 0.3) is 0 Å². The van der Waals surface area contributed by atoms with Gasteiger partial charge in [0.2, 0.25) is 5.91 Å². The van der Waals surface area contributed by atoms with Gasteiger partial charge in [0, 0.05) is 20.0 Å². The summed E-state index contributed by atoms with van der Waals surface area (Å²) in [4.78, 5) is 26.4. The van der Waals surface area contributed by atoms with Crippen LogP contribution in [0.15, 0.2) is 0 Å². The third-order valence-electron chi connectivity index (χ3n) is 3.22. The molecular weight excluding hydrogens is 260 g/mol. The zero-order chi connectivity index (χ0) is 15.2. The van der Waals surface area contributed by atoms with Crippen LogP contribution in [0.1, 0.15) is 57.8 Å². The molecule has 6 nitrogen and oxygen atoms in total. The number of hydrogen-bond acceptors (Lipinski definition) is 3. The number of unbranched alkanes of at least 4 members (excludes halogenated alkanes) is 7. The van der Waals surface area contributed by atoms with Gasteiger partial charge in [0.25, 0.3) is 0 Å². The molecule has 0 aliphatic heterocycles. The van der Waals surface area contributed by atoms with E-state index in [4.69, 9.17) is 9.94 Å². The van der Waals surface area contributed by atoms with Crippen LogP contribution in [0.5, 0.6) is 0 Å². The minimum atomic E-state index is -0.946. The number of hydrogen-bond donors (Lipinski definition) is 2. The summed E-state index contributed by atoms with van der Waals surface area (Å²) in [5.74, 6) is 0.0263. The lowest BCUT2D eigenvalue weighted by Gasteiger charge is -2.12. The molecule has 0 aliphatic rings. The van der Waals surface area contributed by atoms with Gasteiger partial charge in [-0.15, -0.1) is 0 Å². The minimum absolute atomic E-state index is 0.0263. The van der Waals surface area contributed by atoms with Crippen LogP contribution in [-0.4, -0.2) is 42.9 Å². The summed E-state index contributed by atoms with van der Waals surface area (Å²) in [6.07, 6.45) is 8.22. The number of amides is 2. The maximum absolute atomic E-state index is 11.4. The van der Waals surface area contributed by atoms with E-state index in [9.17, 15) is 9.59 Å². The second-order valence-electron chi connectivity index (χ2n) is 4.88. The standard InChI is InChI=1S/C14H28N2O4/c1-16(20-2)13(17)11-9-7-5-3-4-6-8-10-12-15-14(18)19/h15H,3-12H2,1-2H3,(H,18,19). The van der Waals surface area contributed by atoms with Crippen molar-refractivity contribution in [3.05, 3.63) is 0 Å². The van der Waals surface area contributed by atoms with Gasteiger partial charge in [0.1, 0.15) is 0 Å². The van der Waals surface area contributed by atoms with E-state index in [0.717, 1.165) is 38.5 Å². The van der Waals surface area contributed by atoms with Gasteiger partial charge >= 0.3 is 6.09 Å². The maximum atomic E-state index is 11.4. The Bertz CT molecular complexity index is 272.